The van der Waals surface area contributed by atoms with Gasteiger partial charge < -0.3 is 9.32 Å². The number of nitrogens with zero attached hydrogens (tertiary/aromatic N) is 2. The maximum Gasteiger partial charge on any atom is 0.253 e. The average Bonchev–Trinajstić information content (AvgIpc) is 2.97. The van der Waals surface area contributed by atoms with E-state index in [1.165, 1.54) is 18.0 Å². The molecular formula is C16H19N3O2S. The van der Waals surface area contributed by atoms with Crippen molar-refractivity contribution in [3.05, 3.63) is 48.2 Å². The molecule has 1 atom stereocenters. The molecule has 1 amide bonds. The first-order chi connectivity index (χ1) is 10.6. The largest absolute Gasteiger partial charge is 0.440 e. The topological polar surface area (TPSA) is 57.8 Å². The second kappa shape index (κ2) is 7.70. The minimum absolute atomic E-state index is 0.149. The van der Waals surface area contributed by atoms with Crippen LogP contribution in [0.25, 0.3) is 0 Å². The molecule has 0 aliphatic rings. The van der Waals surface area contributed by atoms with Gasteiger partial charge in [0.05, 0.1) is 11.5 Å². The normalized spacial score (nSPS) is 12.3. The first-order valence-electron chi connectivity index (χ1n) is 6.88. The van der Waals surface area contributed by atoms with Crippen molar-refractivity contribution in [2.75, 3.05) is 19.0 Å². The average molecular weight is 317 g/mol. The van der Waals surface area contributed by atoms with Crippen molar-refractivity contribution in [2.24, 2.45) is 5.10 Å². The van der Waals surface area contributed by atoms with Crippen molar-refractivity contribution in [1.82, 2.24) is 5.43 Å². The lowest BCUT2D eigenvalue weighted by Gasteiger charge is -2.08. The Bertz CT molecular complexity index is 638. The zero-order valence-corrected chi connectivity index (χ0v) is 13.6. The van der Waals surface area contributed by atoms with Crippen LogP contribution in [-0.4, -0.2) is 31.5 Å². The molecule has 1 heterocycles. The van der Waals surface area contributed by atoms with E-state index in [1.54, 1.807) is 6.07 Å². The number of carbonyl (C=O) groups excluding carboxylic acids is 1. The molecule has 5 nitrogen and oxygen atoms in total. The van der Waals surface area contributed by atoms with E-state index >= 15 is 0 Å². The van der Waals surface area contributed by atoms with Crippen LogP contribution in [0.4, 0.5) is 5.88 Å². The zero-order valence-electron chi connectivity index (χ0n) is 12.8. The van der Waals surface area contributed by atoms with E-state index in [2.05, 4.69) is 10.5 Å². The van der Waals surface area contributed by atoms with Gasteiger partial charge in [0.1, 0.15) is 5.76 Å². The number of carbonyl (C=O) groups is 1. The molecule has 2 rings (SSSR count). The van der Waals surface area contributed by atoms with Gasteiger partial charge in [-0.15, -0.1) is 11.8 Å². The standard InChI is InChI=1S/C16H19N3O2S/c1-12(22-14-7-5-4-6-8-14)16(20)18-17-11-13-9-10-15(21-13)19(2)3/h4-12H,1-3H3,(H,18,20)/b17-11-/t12-/m0/s1. The molecule has 0 bridgehead atoms. The first-order valence-corrected chi connectivity index (χ1v) is 7.76. The van der Waals surface area contributed by atoms with E-state index in [4.69, 9.17) is 4.42 Å². The Morgan fingerprint density at radius 2 is 2.00 bits per heavy atom. The molecule has 1 aromatic heterocycles. The summed E-state index contributed by atoms with van der Waals surface area (Å²) in [6.07, 6.45) is 1.49. The third-order valence-corrected chi connectivity index (χ3v) is 3.96. The van der Waals surface area contributed by atoms with Crippen LogP contribution >= 0.6 is 11.8 Å². The number of thioether (sulfide) groups is 1. The van der Waals surface area contributed by atoms with E-state index < -0.39 is 0 Å². The lowest BCUT2D eigenvalue weighted by atomic mass is 10.4. The van der Waals surface area contributed by atoms with Gasteiger partial charge in [0.15, 0.2) is 5.88 Å². The van der Waals surface area contributed by atoms with E-state index in [9.17, 15) is 4.79 Å². The number of amides is 1. The van der Waals surface area contributed by atoms with Gasteiger partial charge >= 0.3 is 0 Å². The third-order valence-electron chi connectivity index (χ3n) is 2.85. The van der Waals surface area contributed by atoms with Crippen molar-refractivity contribution in [1.29, 1.82) is 0 Å². The van der Waals surface area contributed by atoms with Gasteiger partial charge in [-0.05, 0) is 25.1 Å². The van der Waals surface area contributed by atoms with Crippen molar-refractivity contribution in [3.8, 4) is 0 Å². The fourth-order valence-corrected chi connectivity index (χ4v) is 2.54. The number of nitrogens with one attached hydrogen (secondary N) is 1. The van der Waals surface area contributed by atoms with Gasteiger partial charge in [0.25, 0.3) is 5.91 Å². The van der Waals surface area contributed by atoms with Crippen LogP contribution in [-0.2, 0) is 4.79 Å². The number of rotatable bonds is 6. The molecule has 0 aliphatic heterocycles. The minimum atomic E-state index is -0.228. The summed E-state index contributed by atoms with van der Waals surface area (Å²) >= 11 is 1.49. The second-order valence-electron chi connectivity index (χ2n) is 4.88. The van der Waals surface area contributed by atoms with Gasteiger partial charge in [-0.1, -0.05) is 18.2 Å². The number of hydrogen-bond donors (Lipinski definition) is 1. The summed E-state index contributed by atoms with van der Waals surface area (Å²) in [6.45, 7) is 1.85. The fourth-order valence-electron chi connectivity index (χ4n) is 1.66. The fraction of sp³-hybridized carbons (Fsp3) is 0.250. The molecule has 22 heavy (non-hydrogen) atoms. The number of hydrogen-bond acceptors (Lipinski definition) is 5. The predicted octanol–water partition coefficient (Wildman–Crippen LogP) is 2.98. The summed E-state index contributed by atoms with van der Waals surface area (Å²) in [7, 11) is 3.79. The molecule has 0 saturated carbocycles. The molecule has 0 aliphatic carbocycles. The number of furan rings is 1. The Labute approximate surface area is 134 Å². The van der Waals surface area contributed by atoms with E-state index in [-0.39, 0.29) is 11.2 Å². The summed E-state index contributed by atoms with van der Waals surface area (Å²) in [5, 5.41) is 3.70. The molecular weight excluding hydrogens is 298 g/mol. The Hall–Kier alpha value is -2.21. The third kappa shape index (κ3) is 4.66. The van der Waals surface area contributed by atoms with Gasteiger partial charge in [0.2, 0.25) is 0 Å². The number of anilines is 1. The van der Waals surface area contributed by atoms with Gasteiger partial charge in [-0.25, -0.2) is 5.43 Å². The van der Waals surface area contributed by atoms with Crippen molar-refractivity contribution in [3.63, 3.8) is 0 Å². The van der Waals surface area contributed by atoms with Crippen molar-refractivity contribution in [2.45, 2.75) is 17.1 Å². The first kappa shape index (κ1) is 16.2. The minimum Gasteiger partial charge on any atom is -0.440 e. The molecule has 0 radical (unpaired) electrons. The zero-order chi connectivity index (χ0) is 15.9. The van der Waals surface area contributed by atoms with Crippen LogP contribution in [0.3, 0.4) is 0 Å². The molecule has 0 saturated heterocycles. The highest BCUT2D eigenvalue weighted by Gasteiger charge is 2.13. The molecule has 0 unspecified atom stereocenters. The van der Waals surface area contributed by atoms with Crippen LogP contribution in [0.1, 0.15) is 12.7 Å². The summed E-state index contributed by atoms with van der Waals surface area (Å²) in [6, 6.07) is 13.4. The molecule has 116 valence electrons. The highest BCUT2D eigenvalue weighted by Crippen LogP contribution is 2.22. The Balaban J connectivity index is 1.84. The smallest absolute Gasteiger partial charge is 0.253 e. The van der Waals surface area contributed by atoms with Crippen LogP contribution in [0.5, 0.6) is 0 Å². The Morgan fingerprint density at radius 1 is 1.27 bits per heavy atom. The molecule has 0 spiro atoms. The van der Waals surface area contributed by atoms with Crippen LogP contribution in [0.15, 0.2) is 56.9 Å². The number of hydrazone groups is 1. The maximum absolute atomic E-state index is 12.0. The quantitative estimate of drug-likeness (QED) is 0.505. The summed E-state index contributed by atoms with van der Waals surface area (Å²) in [5.41, 5.74) is 2.53. The lowest BCUT2D eigenvalue weighted by molar-refractivity contribution is -0.120. The maximum atomic E-state index is 12.0. The number of benzene rings is 1. The van der Waals surface area contributed by atoms with Gasteiger partial charge in [-0.3, -0.25) is 4.79 Å². The summed E-state index contributed by atoms with van der Waals surface area (Å²) < 4.78 is 5.50. The van der Waals surface area contributed by atoms with Gasteiger partial charge in [-0.2, -0.15) is 5.10 Å². The van der Waals surface area contributed by atoms with E-state index in [0.29, 0.717) is 5.76 Å². The Kier molecular flexibility index (Phi) is 5.66. The molecule has 0 fully saturated rings. The molecule has 1 N–H and O–H groups in total. The van der Waals surface area contributed by atoms with Crippen LogP contribution < -0.4 is 10.3 Å². The van der Waals surface area contributed by atoms with E-state index in [1.807, 2.05) is 62.3 Å². The predicted molar refractivity (Wildman–Crippen MR) is 90.5 cm³/mol. The van der Waals surface area contributed by atoms with Crippen LogP contribution in [0, 0.1) is 0 Å². The van der Waals surface area contributed by atoms with Crippen molar-refractivity contribution < 1.29 is 9.21 Å². The van der Waals surface area contributed by atoms with Crippen molar-refractivity contribution >= 4 is 29.8 Å². The Morgan fingerprint density at radius 3 is 2.64 bits per heavy atom. The highest BCUT2D eigenvalue weighted by molar-refractivity contribution is 8.00. The lowest BCUT2D eigenvalue weighted by Crippen LogP contribution is -2.26. The molecule has 6 heteroatoms. The summed E-state index contributed by atoms with van der Waals surface area (Å²) in [4.78, 5) is 14.9. The second-order valence-corrected chi connectivity index (χ2v) is 6.29. The van der Waals surface area contributed by atoms with E-state index in [0.717, 1.165) is 10.8 Å². The monoisotopic (exact) mass is 317 g/mol. The molecule has 2 aromatic rings. The van der Waals surface area contributed by atoms with Crippen LogP contribution in [0.2, 0.25) is 0 Å². The SMILES string of the molecule is C[C@H](Sc1ccccc1)C(=O)N/N=C\c1ccc(N(C)C)o1. The van der Waals surface area contributed by atoms with Gasteiger partial charge in [0, 0.05) is 25.1 Å². The highest BCUT2D eigenvalue weighted by atomic mass is 32.2. The molecule has 1 aromatic carbocycles. The summed E-state index contributed by atoms with van der Waals surface area (Å²) in [5.74, 6) is 1.18.